The highest BCUT2D eigenvalue weighted by molar-refractivity contribution is 6.04. The summed E-state index contributed by atoms with van der Waals surface area (Å²) in [5.41, 5.74) is 6.43. The number of carbonyl (C=O) groups excluding carboxylic acids is 1. The van der Waals surface area contributed by atoms with E-state index in [1.165, 1.54) is 0 Å². The van der Waals surface area contributed by atoms with Gasteiger partial charge in [-0.05, 0) is 38.1 Å². The zero-order chi connectivity index (χ0) is 12.5. The standard InChI is InChI=1S/C13H15N3O/c1-13(2,14)12(17)16-11-7-3-6-10-9(11)5-4-8-15-10/h3-8H,14H2,1-2H3,(H,16,17). The highest BCUT2D eigenvalue weighted by Crippen LogP contribution is 2.21. The topological polar surface area (TPSA) is 68.0 Å². The molecule has 17 heavy (non-hydrogen) atoms. The van der Waals surface area contributed by atoms with Crippen molar-refractivity contribution in [3.05, 3.63) is 36.5 Å². The minimum Gasteiger partial charge on any atom is -0.324 e. The van der Waals surface area contributed by atoms with Crippen LogP contribution in [-0.4, -0.2) is 16.4 Å². The van der Waals surface area contributed by atoms with Crippen molar-refractivity contribution < 1.29 is 4.79 Å². The van der Waals surface area contributed by atoms with Crippen LogP contribution in [0.5, 0.6) is 0 Å². The van der Waals surface area contributed by atoms with Crippen LogP contribution in [0.25, 0.3) is 10.9 Å². The third-order valence-electron chi connectivity index (χ3n) is 2.48. The van der Waals surface area contributed by atoms with Gasteiger partial charge in [0.25, 0.3) is 0 Å². The number of nitrogens with one attached hydrogen (secondary N) is 1. The molecule has 0 aliphatic rings. The van der Waals surface area contributed by atoms with E-state index in [9.17, 15) is 4.79 Å². The van der Waals surface area contributed by atoms with Gasteiger partial charge in [0, 0.05) is 11.6 Å². The van der Waals surface area contributed by atoms with Crippen molar-refractivity contribution >= 4 is 22.5 Å². The van der Waals surface area contributed by atoms with Gasteiger partial charge in [-0.15, -0.1) is 0 Å². The molecule has 4 heteroatoms. The maximum Gasteiger partial charge on any atom is 0.243 e. The van der Waals surface area contributed by atoms with E-state index in [-0.39, 0.29) is 5.91 Å². The van der Waals surface area contributed by atoms with Crippen LogP contribution in [0.3, 0.4) is 0 Å². The largest absolute Gasteiger partial charge is 0.324 e. The lowest BCUT2D eigenvalue weighted by atomic mass is 10.1. The molecule has 0 saturated heterocycles. The highest BCUT2D eigenvalue weighted by atomic mass is 16.2. The molecule has 1 amide bonds. The molecule has 4 nitrogen and oxygen atoms in total. The quantitative estimate of drug-likeness (QED) is 0.826. The molecule has 0 spiro atoms. The van der Waals surface area contributed by atoms with E-state index in [1.807, 2.05) is 30.3 Å². The number of nitrogens with two attached hydrogens (primary N) is 1. The molecule has 2 rings (SSSR count). The summed E-state index contributed by atoms with van der Waals surface area (Å²) in [5.74, 6) is -0.214. The van der Waals surface area contributed by atoms with Crippen molar-refractivity contribution in [2.75, 3.05) is 5.32 Å². The summed E-state index contributed by atoms with van der Waals surface area (Å²) in [6.45, 7) is 3.34. The number of anilines is 1. The Morgan fingerprint density at radius 1 is 1.29 bits per heavy atom. The predicted molar refractivity (Wildman–Crippen MR) is 68.6 cm³/mol. The molecule has 3 N–H and O–H groups in total. The van der Waals surface area contributed by atoms with Crippen LogP contribution < -0.4 is 11.1 Å². The van der Waals surface area contributed by atoms with Crippen molar-refractivity contribution in [3.63, 3.8) is 0 Å². The van der Waals surface area contributed by atoms with Crippen LogP contribution in [0.1, 0.15) is 13.8 Å². The van der Waals surface area contributed by atoms with Crippen molar-refractivity contribution in [2.45, 2.75) is 19.4 Å². The van der Waals surface area contributed by atoms with E-state index < -0.39 is 5.54 Å². The summed E-state index contributed by atoms with van der Waals surface area (Å²) in [7, 11) is 0. The number of benzene rings is 1. The lowest BCUT2D eigenvalue weighted by Crippen LogP contribution is -2.45. The Morgan fingerprint density at radius 3 is 2.76 bits per heavy atom. The Hall–Kier alpha value is -1.94. The number of carbonyl (C=O) groups is 1. The number of nitrogens with zero attached hydrogens (tertiary/aromatic N) is 1. The fourth-order valence-electron chi connectivity index (χ4n) is 1.50. The van der Waals surface area contributed by atoms with E-state index >= 15 is 0 Å². The molecule has 1 aromatic heterocycles. The van der Waals surface area contributed by atoms with Crippen molar-refractivity contribution in [1.82, 2.24) is 4.98 Å². The van der Waals surface area contributed by atoms with Crippen LogP contribution in [0.4, 0.5) is 5.69 Å². The minimum absolute atomic E-state index is 0.214. The molecule has 0 unspecified atom stereocenters. The van der Waals surface area contributed by atoms with Crippen molar-refractivity contribution in [1.29, 1.82) is 0 Å². The fraction of sp³-hybridized carbons (Fsp3) is 0.231. The molecule has 0 saturated carbocycles. The highest BCUT2D eigenvalue weighted by Gasteiger charge is 2.22. The number of rotatable bonds is 2. The molecule has 1 aromatic carbocycles. The average molecular weight is 229 g/mol. The lowest BCUT2D eigenvalue weighted by Gasteiger charge is -2.18. The number of hydrogen-bond donors (Lipinski definition) is 2. The van der Waals surface area contributed by atoms with Gasteiger partial charge in [0.15, 0.2) is 0 Å². The molecule has 0 fully saturated rings. The van der Waals surface area contributed by atoms with Gasteiger partial charge in [-0.25, -0.2) is 0 Å². The monoisotopic (exact) mass is 229 g/mol. The Bertz CT molecular complexity index is 553. The van der Waals surface area contributed by atoms with Gasteiger partial charge >= 0.3 is 0 Å². The number of pyridine rings is 1. The van der Waals surface area contributed by atoms with Crippen molar-refractivity contribution in [3.8, 4) is 0 Å². The van der Waals surface area contributed by atoms with Crippen LogP contribution in [-0.2, 0) is 4.79 Å². The number of hydrogen-bond acceptors (Lipinski definition) is 3. The zero-order valence-corrected chi connectivity index (χ0v) is 9.90. The van der Waals surface area contributed by atoms with Crippen LogP contribution in [0.2, 0.25) is 0 Å². The molecule has 0 aliphatic heterocycles. The van der Waals surface area contributed by atoms with E-state index in [0.29, 0.717) is 0 Å². The van der Waals surface area contributed by atoms with Gasteiger partial charge in [0.05, 0.1) is 16.7 Å². The first-order valence-corrected chi connectivity index (χ1v) is 5.42. The first-order chi connectivity index (χ1) is 7.98. The van der Waals surface area contributed by atoms with Gasteiger partial charge in [-0.1, -0.05) is 6.07 Å². The summed E-state index contributed by atoms with van der Waals surface area (Å²) in [5, 5.41) is 3.73. The third kappa shape index (κ3) is 2.42. The summed E-state index contributed by atoms with van der Waals surface area (Å²) >= 11 is 0. The minimum atomic E-state index is -0.898. The smallest absolute Gasteiger partial charge is 0.243 e. The van der Waals surface area contributed by atoms with E-state index in [0.717, 1.165) is 16.6 Å². The van der Waals surface area contributed by atoms with Crippen LogP contribution in [0, 0.1) is 0 Å². The maximum atomic E-state index is 11.8. The van der Waals surface area contributed by atoms with E-state index in [2.05, 4.69) is 10.3 Å². The molecule has 1 heterocycles. The summed E-state index contributed by atoms with van der Waals surface area (Å²) in [4.78, 5) is 16.0. The zero-order valence-electron chi connectivity index (χ0n) is 9.90. The molecule has 2 aromatic rings. The number of aromatic nitrogens is 1. The Balaban J connectivity index is 2.40. The molecule has 0 atom stereocenters. The molecule has 0 bridgehead atoms. The van der Waals surface area contributed by atoms with Gasteiger partial charge in [0.1, 0.15) is 0 Å². The molecule has 0 radical (unpaired) electrons. The first kappa shape index (κ1) is 11.5. The SMILES string of the molecule is CC(C)(N)C(=O)Nc1cccc2ncccc12. The van der Waals surface area contributed by atoms with Crippen LogP contribution in [0.15, 0.2) is 36.5 Å². The van der Waals surface area contributed by atoms with Gasteiger partial charge in [-0.3, -0.25) is 9.78 Å². The predicted octanol–water partition coefficient (Wildman–Crippen LogP) is 1.91. The second kappa shape index (κ2) is 4.14. The molecule has 88 valence electrons. The lowest BCUT2D eigenvalue weighted by molar-refractivity contribution is -0.120. The summed E-state index contributed by atoms with van der Waals surface area (Å²) in [6.07, 6.45) is 1.72. The van der Waals surface area contributed by atoms with E-state index in [4.69, 9.17) is 5.73 Å². The fourth-order valence-corrected chi connectivity index (χ4v) is 1.50. The Kier molecular flexibility index (Phi) is 2.81. The number of amides is 1. The van der Waals surface area contributed by atoms with Gasteiger partial charge in [-0.2, -0.15) is 0 Å². The average Bonchev–Trinajstić information content (AvgIpc) is 2.28. The molecular formula is C13H15N3O. The van der Waals surface area contributed by atoms with Crippen LogP contribution >= 0.6 is 0 Å². The normalized spacial score (nSPS) is 11.5. The Morgan fingerprint density at radius 2 is 2.06 bits per heavy atom. The summed E-state index contributed by atoms with van der Waals surface area (Å²) in [6, 6.07) is 9.35. The molecular weight excluding hydrogens is 214 g/mol. The Labute approximate surface area is 99.8 Å². The second-order valence-corrected chi connectivity index (χ2v) is 4.55. The third-order valence-corrected chi connectivity index (χ3v) is 2.48. The van der Waals surface area contributed by atoms with E-state index in [1.54, 1.807) is 20.0 Å². The number of fused-ring (bicyclic) bond motifs is 1. The van der Waals surface area contributed by atoms with Gasteiger partial charge in [0.2, 0.25) is 5.91 Å². The first-order valence-electron chi connectivity index (χ1n) is 5.42. The second-order valence-electron chi connectivity index (χ2n) is 4.55. The maximum absolute atomic E-state index is 11.8. The summed E-state index contributed by atoms with van der Waals surface area (Å²) < 4.78 is 0. The van der Waals surface area contributed by atoms with Gasteiger partial charge < -0.3 is 11.1 Å². The molecule has 0 aliphatic carbocycles. The van der Waals surface area contributed by atoms with Crippen molar-refractivity contribution in [2.24, 2.45) is 5.73 Å².